The Morgan fingerprint density at radius 3 is 2.25 bits per heavy atom. The van der Waals surface area contributed by atoms with Gasteiger partial charge >= 0.3 is 0 Å². The smallest absolute Gasteiger partial charge is 0.240 e. The molecule has 6 nitrogen and oxygen atoms in total. The van der Waals surface area contributed by atoms with Gasteiger partial charge in [0.25, 0.3) is 0 Å². The third kappa shape index (κ3) is 5.19. The summed E-state index contributed by atoms with van der Waals surface area (Å²) in [6.07, 6.45) is 0. The molecule has 0 saturated carbocycles. The summed E-state index contributed by atoms with van der Waals surface area (Å²) in [6.45, 7) is 2.52. The van der Waals surface area contributed by atoms with Gasteiger partial charge in [0.15, 0.2) is 5.82 Å². The maximum atomic E-state index is 12.4. The maximum Gasteiger partial charge on any atom is 0.240 e. The molecule has 0 aliphatic heterocycles. The molecule has 0 aliphatic carbocycles. The minimum Gasteiger partial charge on any atom is -0.368 e. The highest BCUT2D eigenvalue weighted by Crippen LogP contribution is 2.27. The molecule has 4 rings (SSSR count). The topological polar surface area (TPSA) is 84.0 Å². The first kappa shape index (κ1) is 22.5. The van der Waals surface area contributed by atoms with Crippen LogP contribution in [-0.4, -0.2) is 31.5 Å². The molecule has 0 radical (unpaired) electrons. The monoisotopic (exact) mass is 486 g/mol. The molecule has 1 heterocycles. The van der Waals surface area contributed by atoms with Crippen LogP contribution in [0.2, 0.25) is 10.0 Å². The molecule has 0 unspecified atom stereocenters. The molecule has 1 aromatic heterocycles. The summed E-state index contributed by atoms with van der Waals surface area (Å²) < 4.78 is 27.5. The van der Waals surface area contributed by atoms with E-state index in [-0.39, 0.29) is 11.4 Å². The molecule has 3 aromatic carbocycles. The largest absolute Gasteiger partial charge is 0.368 e. The van der Waals surface area contributed by atoms with Gasteiger partial charge in [-0.05, 0) is 49.4 Å². The number of halogens is 2. The van der Waals surface area contributed by atoms with Gasteiger partial charge in [-0.15, -0.1) is 0 Å². The lowest BCUT2D eigenvalue weighted by molar-refractivity contribution is 0.583. The lowest BCUT2D eigenvalue weighted by Crippen LogP contribution is -2.29. The van der Waals surface area contributed by atoms with Crippen LogP contribution in [0.3, 0.4) is 0 Å². The van der Waals surface area contributed by atoms with Gasteiger partial charge in [0.2, 0.25) is 10.0 Å². The highest BCUT2D eigenvalue weighted by atomic mass is 35.5. The molecule has 0 fully saturated rings. The summed E-state index contributed by atoms with van der Waals surface area (Å²) >= 11 is 12.0. The number of aryl methyl sites for hydroxylation is 1. The minimum absolute atomic E-state index is 0.158. The summed E-state index contributed by atoms with van der Waals surface area (Å²) in [5.41, 5.74) is 2.72. The van der Waals surface area contributed by atoms with Gasteiger partial charge in [-0.3, -0.25) is 0 Å². The van der Waals surface area contributed by atoms with Crippen molar-refractivity contribution in [2.75, 3.05) is 18.4 Å². The molecular weight excluding hydrogens is 467 g/mol. The van der Waals surface area contributed by atoms with Crippen LogP contribution in [0, 0.1) is 6.92 Å². The first-order valence-electron chi connectivity index (χ1n) is 9.85. The first-order chi connectivity index (χ1) is 15.3. The van der Waals surface area contributed by atoms with Gasteiger partial charge in [-0.2, -0.15) is 0 Å². The second kappa shape index (κ2) is 9.42. The zero-order chi connectivity index (χ0) is 22.7. The Kier molecular flexibility index (Phi) is 6.62. The maximum absolute atomic E-state index is 12.4. The van der Waals surface area contributed by atoms with Crippen molar-refractivity contribution >= 4 is 49.9 Å². The van der Waals surface area contributed by atoms with Gasteiger partial charge in [0.05, 0.1) is 10.4 Å². The van der Waals surface area contributed by atoms with Crippen molar-refractivity contribution < 1.29 is 8.42 Å². The predicted molar refractivity (Wildman–Crippen MR) is 130 cm³/mol. The average Bonchev–Trinajstić information content (AvgIpc) is 2.77. The Morgan fingerprint density at radius 1 is 0.844 bits per heavy atom. The Labute approximate surface area is 196 Å². The third-order valence-corrected chi connectivity index (χ3v) is 6.77. The van der Waals surface area contributed by atoms with Crippen LogP contribution in [0.4, 0.5) is 5.82 Å². The van der Waals surface area contributed by atoms with E-state index < -0.39 is 10.0 Å². The molecule has 4 aromatic rings. The average molecular weight is 487 g/mol. The Morgan fingerprint density at radius 2 is 1.53 bits per heavy atom. The van der Waals surface area contributed by atoms with Crippen molar-refractivity contribution in [3.05, 3.63) is 82.3 Å². The molecule has 0 amide bonds. The standard InChI is InChI=1S/C23H20Cl2N4O2S/c1-15-2-4-16(5-3-15)22-28-21-14-18(25)8-11-20(21)23(29-22)26-12-13-27-32(30,31)19-9-6-17(24)7-10-19/h2-11,14,27H,12-13H2,1H3,(H,26,28,29). The summed E-state index contributed by atoms with van der Waals surface area (Å²) in [6, 6.07) is 19.3. The number of benzene rings is 3. The normalized spacial score (nSPS) is 11.6. The third-order valence-electron chi connectivity index (χ3n) is 4.80. The van der Waals surface area contributed by atoms with E-state index in [1.54, 1.807) is 24.3 Å². The predicted octanol–water partition coefficient (Wildman–Crippen LogP) is 5.30. The van der Waals surface area contributed by atoms with Crippen molar-refractivity contribution in [3.63, 3.8) is 0 Å². The fourth-order valence-corrected chi connectivity index (χ4v) is 4.46. The molecule has 0 saturated heterocycles. The van der Waals surface area contributed by atoms with Gasteiger partial charge in [0.1, 0.15) is 5.82 Å². The van der Waals surface area contributed by atoms with Crippen molar-refractivity contribution in [2.45, 2.75) is 11.8 Å². The Balaban J connectivity index is 1.54. The molecule has 0 atom stereocenters. The zero-order valence-corrected chi connectivity index (χ0v) is 19.5. The van der Waals surface area contributed by atoms with Crippen LogP contribution >= 0.6 is 23.2 Å². The van der Waals surface area contributed by atoms with E-state index in [0.717, 1.165) is 16.5 Å². The molecular formula is C23H20Cl2N4O2S. The summed E-state index contributed by atoms with van der Waals surface area (Å²) in [5, 5.41) is 5.07. The number of nitrogens with one attached hydrogen (secondary N) is 2. The Bertz CT molecular complexity index is 1360. The van der Waals surface area contributed by atoms with E-state index in [2.05, 4.69) is 20.0 Å². The summed E-state index contributed by atoms with van der Waals surface area (Å²) in [7, 11) is -3.63. The lowest BCUT2D eigenvalue weighted by atomic mass is 10.1. The highest BCUT2D eigenvalue weighted by Gasteiger charge is 2.14. The number of fused-ring (bicyclic) bond motifs is 1. The van der Waals surface area contributed by atoms with Gasteiger partial charge < -0.3 is 5.32 Å². The van der Waals surface area contributed by atoms with Crippen molar-refractivity contribution in [1.82, 2.24) is 14.7 Å². The van der Waals surface area contributed by atoms with E-state index in [0.29, 0.717) is 33.7 Å². The van der Waals surface area contributed by atoms with Crippen LogP contribution < -0.4 is 10.0 Å². The van der Waals surface area contributed by atoms with Crippen molar-refractivity contribution in [2.24, 2.45) is 0 Å². The SMILES string of the molecule is Cc1ccc(-c2nc(NCCNS(=O)(=O)c3ccc(Cl)cc3)c3ccc(Cl)cc3n2)cc1. The van der Waals surface area contributed by atoms with Crippen molar-refractivity contribution in [3.8, 4) is 11.4 Å². The molecule has 32 heavy (non-hydrogen) atoms. The van der Waals surface area contributed by atoms with Gasteiger partial charge in [0, 0.05) is 34.1 Å². The first-order valence-corrected chi connectivity index (χ1v) is 12.1. The number of hydrogen-bond acceptors (Lipinski definition) is 5. The molecule has 2 N–H and O–H groups in total. The lowest BCUT2D eigenvalue weighted by Gasteiger charge is -2.12. The van der Waals surface area contributed by atoms with E-state index >= 15 is 0 Å². The quantitative estimate of drug-likeness (QED) is 0.346. The second-order valence-corrected chi connectivity index (χ2v) is 9.84. The molecule has 9 heteroatoms. The number of aromatic nitrogens is 2. The molecule has 0 bridgehead atoms. The van der Waals surface area contributed by atoms with Gasteiger partial charge in [-0.1, -0.05) is 53.0 Å². The van der Waals surface area contributed by atoms with E-state index in [1.807, 2.05) is 37.3 Å². The Hall–Kier alpha value is -2.71. The van der Waals surface area contributed by atoms with Crippen LogP contribution in [0.15, 0.2) is 71.6 Å². The molecule has 0 aliphatic rings. The van der Waals surface area contributed by atoms with Gasteiger partial charge in [-0.25, -0.2) is 23.1 Å². The van der Waals surface area contributed by atoms with E-state index in [1.165, 1.54) is 12.1 Å². The highest BCUT2D eigenvalue weighted by molar-refractivity contribution is 7.89. The summed E-state index contributed by atoms with van der Waals surface area (Å²) in [5.74, 6) is 1.16. The summed E-state index contributed by atoms with van der Waals surface area (Å²) in [4.78, 5) is 9.49. The number of anilines is 1. The second-order valence-electron chi connectivity index (χ2n) is 7.20. The number of nitrogens with zero attached hydrogens (tertiary/aromatic N) is 2. The fraction of sp³-hybridized carbons (Fsp3) is 0.130. The number of hydrogen-bond donors (Lipinski definition) is 2. The van der Waals surface area contributed by atoms with E-state index in [9.17, 15) is 8.42 Å². The number of rotatable bonds is 7. The molecule has 0 spiro atoms. The van der Waals surface area contributed by atoms with Crippen LogP contribution in [0.25, 0.3) is 22.3 Å². The van der Waals surface area contributed by atoms with Crippen LogP contribution in [0.5, 0.6) is 0 Å². The van der Waals surface area contributed by atoms with Crippen LogP contribution in [-0.2, 0) is 10.0 Å². The fourth-order valence-electron chi connectivity index (χ4n) is 3.13. The zero-order valence-electron chi connectivity index (χ0n) is 17.1. The van der Waals surface area contributed by atoms with Crippen LogP contribution in [0.1, 0.15) is 5.56 Å². The van der Waals surface area contributed by atoms with Crippen molar-refractivity contribution in [1.29, 1.82) is 0 Å². The van der Waals surface area contributed by atoms with E-state index in [4.69, 9.17) is 23.2 Å². The number of sulfonamides is 1. The molecule has 164 valence electrons. The minimum atomic E-state index is -3.63.